The van der Waals surface area contributed by atoms with Gasteiger partial charge in [0.1, 0.15) is 0 Å². The monoisotopic (exact) mass is 230 g/mol. The maximum atomic E-state index is 11.2. The van der Waals surface area contributed by atoms with Crippen LogP contribution < -0.4 is 10.6 Å². The van der Waals surface area contributed by atoms with E-state index in [0.29, 0.717) is 19.6 Å². The average molecular weight is 230 g/mol. The second-order valence-electron chi connectivity index (χ2n) is 3.44. The molecule has 2 N–H and O–H groups in total. The largest absolute Gasteiger partial charge is 0.466 e. The highest BCUT2D eigenvalue weighted by Crippen LogP contribution is 1.84. The smallest absolute Gasteiger partial charge is 0.307 e. The SMILES string of the molecule is CCCCNC(=O)CNCCC(=O)OCC. The molecule has 0 aliphatic rings. The van der Waals surface area contributed by atoms with E-state index in [0.717, 1.165) is 19.4 Å². The van der Waals surface area contributed by atoms with E-state index >= 15 is 0 Å². The Kier molecular flexibility index (Phi) is 9.70. The third kappa shape index (κ3) is 9.45. The van der Waals surface area contributed by atoms with Gasteiger partial charge in [0.2, 0.25) is 5.91 Å². The highest BCUT2D eigenvalue weighted by Gasteiger charge is 2.02. The van der Waals surface area contributed by atoms with E-state index in [1.54, 1.807) is 6.92 Å². The van der Waals surface area contributed by atoms with Gasteiger partial charge in [0.25, 0.3) is 0 Å². The van der Waals surface area contributed by atoms with Crippen molar-refractivity contribution in [3.8, 4) is 0 Å². The predicted molar refractivity (Wildman–Crippen MR) is 62.0 cm³/mol. The minimum absolute atomic E-state index is 0.0303. The molecule has 0 aromatic heterocycles. The van der Waals surface area contributed by atoms with Crippen LogP contribution in [0.3, 0.4) is 0 Å². The number of hydrogen-bond acceptors (Lipinski definition) is 4. The zero-order valence-electron chi connectivity index (χ0n) is 10.2. The van der Waals surface area contributed by atoms with Crippen molar-refractivity contribution >= 4 is 11.9 Å². The Morgan fingerprint density at radius 2 is 1.94 bits per heavy atom. The van der Waals surface area contributed by atoms with Gasteiger partial charge in [-0.1, -0.05) is 13.3 Å². The number of hydrogen-bond donors (Lipinski definition) is 2. The highest BCUT2D eigenvalue weighted by molar-refractivity contribution is 5.78. The van der Waals surface area contributed by atoms with Crippen molar-refractivity contribution in [1.29, 1.82) is 0 Å². The van der Waals surface area contributed by atoms with Gasteiger partial charge >= 0.3 is 5.97 Å². The minimum Gasteiger partial charge on any atom is -0.466 e. The Hall–Kier alpha value is -1.10. The summed E-state index contributed by atoms with van der Waals surface area (Å²) in [6.07, 6.45) is 2.36. The first-order chi connectivity index (χ1) is 7.70. The van der Waals surface area contributed by atoms with E-state index < -0.39 is 0 Å². The van der Waals surface area contributed by atoms with Gasteiger partial charge in [0.15, 0.2) is 0 Å². The van der Waals surface area contributed by atoms with Crippen LogP contribution in [0.1, 0.15) is 33.1 Å². The molecule has 5 heteroatoms. The molecule has 0 unspecified atom stereocenters. The van der Waals surface area contributed by atoms with Crippen LogP contribution in [0.2, 0.25) is 0 Å². The molecule has 5 nitrogen and oxygen atoms in total. The molecule has 0 fully saturated rings. The van der Waals surface area contributed by atoms with Crippen LogP contribution >= 0.6 is 0 Å². The molecule has 0 aromatic rings. The van der Waals surface area contributed by atoms with E-state index in [1.165, 1.54) is 0 Å². The molecule has 0 aromatic carbocycles. The van der Waals surface area contributed by atoms with E-state index in [-0.39, 0.29) is 18.4 Å². The topological polar surface area (TPSA) is 67.4 Å². The second kappa shape index (κ2) is 10.4. The minimum atomic E-state index is -0.235. The summed E-state index contributed by atoms with van der Waals surface area (Å²) in [5.74, 6) is -0.265. The highest BCUT2D eigenvalue weighted by atomic mass is 16.5. The van der Waals surface area contributed by atoms with Crippen LogP contribution in [0, 0.1) is 0 Å². The van der Waals surface area contributed by atoms with Gasteiger partial charge in [0.05, 0.1) is 19.6 Å². The number of unbranched alkanes of at least 4 members (excludes halogenated alkanes) is 1. The maximum Gasteiger partial charge on any atom is 0.307 e. The Balaban J connectivity index is 3.30. The zero-order chi connectivity index (χ0) is 12.2. The lowest BCUT2D eigenvalue weighted by atomic mass is 10.3. The predicted octanol–water partition coefficient (Wildman–Crippen LogP) is 0.446. The number of carbonyl (C=O) groups excluding carboxylic acids is 2. The molecular weight excluding hydrogens is 208 g/mol. The molecule has 0 aliphatic heterocycles. The van der Waals surface area contributed by atoms with Gasteiger partial charge in [-0.3, -0.25) is 9.59 Å². The standard InChI is InChI=1S/C11H22N2O3/c1-3-5-7-13-10(14)9-12-8-6-11(15)16-4-2/h12H,3-9H2,1-2H3,(H,13,14). The zero-order valence-corrected chi connectivity index (χ0v) is 10.2. The van der Waals surface area contributed by atoms with E-state index in [2.05, 4.69) is 17.6 Å². The summed E-state index contributed by atoms with van der Waals surface area (Å²) in [5.41, 5.74) is 0. The summed E-state index contributed by atoms with van der Waals surface area (Å²) in [6.45, 7) is 5.69. The first-order valence-electron chi connectivity index (χ1n) is 5.83. The molecule has 0 radical (unpaired) electrons. The van der Waals surface area contributed by atoms with Crippen molar-refractivity contribution in [2.24, 2.45) is 0 Å². The Labute approximate surface area is 96.9 Å². The first kappa shape index (κ1) is 14.9. The molecule has 0 saturated heterocycles. The average Bonchev–Trinajstić information content (AvgIpc) is 2.25. The summed E-state index contributed by atoms with van der Waals surface area (Å²) < 4.78 is 4.75. The second-order valence-corrected chi connectivity index (χ2v) is 3.44. The van der Waals surface area contributed by atoms with Crippen LogP contribution in [-0.4, -0.2) is 38.1 Å². The number of carbonyl (C=O) groups is 2. The summed E-state index contributed by atoms with van der Waals surface area (Å²) in [4.78, 5) is 22.1. The molecule has 0 atom stereocenters. The lowest BCUT2D eigenvalue weighted by molar-refractivity contribution is -0.143. The van der Waals surface area contributed by atoms with Crippen molar-refractivity contribution in [2.75, 3.05) is 26.2 Å². The lowest BCUT2D eigenvalue weighted by Crippen LogP contribution is -2.35. The van der Waals surface area contributed by atoms with Crippen molar-refractivity contribution in [3.63, 3.8) is 0 Å². The fraction of sp³-hybridized carbons (Fsp3) is 0.818. The summed E-state index contributed by atoms with van der Waals surface area (Å²) in [5, 5.41) is 5.67. The summed E-state index contributed by atoms with van der Waals surface area (Å²) >= 11 is 0. The van der Waals surface area contributed by atoms with Gasteiger partial charge in [-0.15, -0.1) is 0 Å². The fourth-order valence-electron chi connectivity index (χ4n) is 1.09. The Morgan fingerprint density at radius 1 is 1.19 bits per heavy atom. The molecule has 0 aliphatic carbocycles. The molecule has 0 rings (SSSR count). The van der Waals surface area contributed by atoms with Crippen molar-refractivity contribution in [1.82, 2.24) is 10.6 Å². The third-order valence-corrected chi connectivity index (χ3v) is 1.95. The molecule has 0 saturated carbocycles. The number of amides is 1. The van der Waals surface area contributed by atoms with E-state index in [4.69, 9.17) is 4.74 Å². The van der Waals surface area contributed by atoms with Gasteiger partial charge in [-0.05, 0) is 13.3 Å². The van der Waals surface area contributed by atoms with Gasteiger partial charge in [-0.2, -0.15) is 0 Å². The van der Waals surface area contributed by atoms with Crippen molar-refractivity contribution < 1.29 is 14.3 Å². The molecule has 1 amide bonds. The molecule has 0 bridgehead atoms. The number of ether oxygens (including phenoxy) is 1. The molecule has 94 valence electrons. The molecule has 0 heterocycles. The van der Waals surface area contributed by atoms with Crippen molar-refractivity contribution in [2.45, 2.75) is 33.1 Å². The van der Waals surface area contributed by atoms with E-state index in [1.807, 2.05) is 0 Å². The van der Waals surface area contributed by atoms with Gasteiger partial charge in [-0.25, -0.2) is 0 Å². The van der Waals surface area contributed by atoms with Crippen LogP contribution in [0.4, 0.5) is 0 Å². The van der Waals surface area contributed by atoms with Crippen molar-refractivity contribution in [3.05, 3.63) is 0 Å². The number of rotatable bonds is 9. The maximum absolute atomic E-state index is 11.2. The quantitative estimate of drug-likeness (QED) is 0.445. The van der Waals surface area contributed by atoms with Crippen LogP contribution in [0.25, 0.3) is 0 Å². The van der Waals surface area contributed by atoms with Gasteiger partial charge in [0, 0.05) is 13.1 Å². The molecule has 0 spiro atoms. The van der Waals surface area contributed by atoms with Crippen LogP contribution in [0.5, 0.6) is 0 Å². The Bertz CT molecular complexity index is 207. The molecule has 16 heavy (non-hydrogen) atoms. The lowest BCUT2D eigenvalue weighted by Gasteiger charge is -2.05. The number of nitrogens with one attached hydrogen (secondary N) is 2. The normalized spacial score (nSPS) is 9.88. The third-order valence-electron chi connectivity index (χ3n) is 1.95. The van der Waals surface area contributed by atoms with Crippen LogP contribution in [-0.2, 0) is 14.3 Å². The fourth-order valence-corrected chi connectivity index (χ4v) is 1.09. The Morgan fingerprint density at radius 3 is 2.56 bits per heavy atom. The molecular formula is C11H22N2O3. The number of esters is 1. The first-order valence-corrected chi connectivity index (χ1v) is 5.83. The van der Waals surface area contributed by atoms with Crippen LogP contribution in [0.15, 0.2) is 0 Å². The summed E-state index contributed by atoms with van der Waals surface area (Å²) in [6, 6.07) is 0. The van der Waals surface area contributed by atoms with Gasteiger partial charge < -0.3 is 15.4 Å². The van der Waals surface area contributed by atoms with E-state index in [9.17, 15) is 9.59 Å². The summed E-state index contributed by atoms with van der Waals surface area (Å²) in [7, 11) is 0.